The number of nitrogens with two attached hydrogens (primary N) is 1. The quantitative estimate of drug-likeness (QED) is 0.394. The van der Waals surface area contributed by atoms with E-state index in [1.54, 1.807) is 11.1 Å². The molecule has 0 spiro atoms. The van der Waals surface area contributed by atoms with Crippen LogP contribution in [0.1, 0.15) is 62.4 Å². The van der Waals surface area contributed by atoms with Crippen molar-refractivity contribution in [1.29, 1.82) is 5.26 Å². The molecule has 0 bridgehead atoms. The van der Waals surface area contributed by atoms with Gasteiger partial charge in [-0.05, 0) is 77.2 Å². The van der Waals surface area contributed by atoms with Gasteiger partial charge in [0.15, 0.2) is 6.29 Å². The summed E-state index contributed by atoms with van der Waals surface area (Å²) in [6, 6.07) is 5.93. The Balaban J connectivity index is 0.00000189. The molecule has 2 saturated heterocycles. The molecular formula is C30H39N7O4. The largest absolute Gasteiger partial charge is 0.490 e. The molecule has 1 amide bonds. The Morgan fingerprint density at radius 3 is 2.71 bits per heavy atom. The third kappa shape index (κ3) is 7.01. The minimum atomic E-state index is -0.259. The van der Waals surface area contributed by atoms with Crippen LogP contribution in [0.15, 0.2) is 30.7 Å². The Kier molecular flexibility index (Phi) is 10.3. The van der Waals surface area contributed by atoms with E-state index < -0.39 is 0 Å². The Morgan fingerprint density at radius 2 is 2.00 bits per heavy atom. The lowest BCUT2D eigenvalue weighted by atomic mass is 10.00. The van der Waals surface area contributed by atoms with Gasteiger partial charge in [-0.15, -0.1) is 0 Å². The number of amides is 1. The number of carbonyl (C=O) groups excluding carboxylic acids is 2. The number of rotatable bonds is 8. The first-order valence-corrected chi connectivity index (χ1v) is 14.2. The number of likely N-dealkylation sites (tertiary alicyclic amines) is 1. The molecule has 2 aliphatic rings. The number of aromatic nitrogens is 3. The number of aldehydes is 1. The SMILES string of the molecule is CC(C)Oc1cc2c(OC3CCCN(C(=O)CC#N)C3)ncc(-c3cnn(C4CCNCC4)c3)c2cc1C=O.CN. The van der Waals surface area contributed by atoms with Gasteiger partial charge in [0.2, 0.25) is 11.8 Å². The van der Waals surface area contributed by atoms with Gasteiger partial charge in [-0.3, -0.25) is 14.3 Å². The molecule has 0 aliphatic carbocycles. The molecule has 3 N–H and O–H groups in total. The highest BCUT2D eigenvalue weighted by Gasteiger charge is 2.26. The minimum absolute atomic E-state index is 0.122. The molecule has 3 aromatic rings. The molecule has 11 heteroatoms. The van der Waals surface area contributed by atoms with Crippen LogP contribution in [0.25, 0.3) is 21.9 Å². The predicted octanol–water partition coefficient (Wildman–Crippen LogP) is 3.48. The number of benzene rings is 1. The van der Waals surface area contributed by atoms with Crippen molar-refractivity contribution in [3.63, 3.8) is 0 Å². The smallest absolute Gasteiger partial charge is 0.236 e. The number of nitrogens with one attached hydrogen (secondary N) is 1. The summed E-state index contributed by atoms with van der Waals surface area (Å²) in [4.78, 5) is 30.8. The second kappa shape index (κ2) is 14.1. The van der Waals surface area contributed by atoms with Crippen molar-refractivity contribution < 1.29 is 19.1 Å². The van der Waals surface area contributed by atoms with E-state index in [0.717, 1.165) is 67.0 Å². The van der Waals surface area contributed by atoms with Crippen molar-refractivity contribution in [2.75, 3.05) is 33.2 Å². The molecule has 41 heavy (non-hydrogen) atoms. The summed E-state index contributed by atoms with van der Waals surface area (Å²) >= 11 is 0. The van der Waals surface area contributed by atoms with Gasteiger partial charge in [-0.2, -0.15) is 10.4 Å². The highest BCUT2D eigenvalue weighted by molar-refractivity contribution is 6.02. The molecule has 0 radical (unpaired) electrons. The second-order valence-electron chi connectivity index (χ2n) is 10.4. The summed E-state index contributed by atoms with van der Waals surface area (Å²) in [6.07, 6.45) is 9.54. The normalized spacial score (nSPS) is 17.5. The fourth-order valence-electron chi connectivity index (χ4n) is 5.38. The molecular weight excluding hydrogens is 522 g/mol. The maximum Gasteiger partial charge on any atom is 0.236 e. The Labute approximate surface area is 240 Å². The van der Waals surface area contributed by atoms with Crippen LogP contribution in [0.2, 0.25) is 0 Å². The second-order valence-corrected chi connectivity index (χ2v) is 10.4. The summed E-state index contributed by atoms with van der Waals surface area (Å²) in [7, 11) is 1.50. The van der Waals surface area contributed by atoms with Crippen molar-refractivity contribution in [3.8, 4) is 28.8 Å². The minimum Gasteiger partial charge on any atom is -0.490 e. The summed E-state index contributed by atoms with van der Waals surface area (Å²) in [5.74, 6) is 0.703. The Bertz CT molecular complexity index is 1390. The number of fused-ring (bicyclic) bond motifs is 1. The zero-order chi connectivity index (χ0) is 29.4. The van der Waals surface area contributed by atoms with Crippen LogP contribution < -0.4 is 20.5 Å². The van der Waals surface area contributed by atoms with Crippen LogP contribution in [0.5, 0.6) is 11.6 Å². The number of piperidine rings is 2. The van der Waals surface area contributed by atoms with Crippen molar-refractivity contribution >= 4 is 23.0 Å². The summed E-state index contributed by atoms with van der Waals surface area (Å²) < 4.78 is 14.4. The topological polar surface area (TPSA) is 148 Å². The Morgan fingerprint density at radius 1 is 1.22 bits per heavy atom. The van der Waals surface area contributed by atoms with Crippen LogP contribution in [-0.2, 0) is 4.79 Å². The van der Waals surface area contributed by atoms with Crippen LogP contribution >= 0.6 is 0 Å². The molecule has 11 nitrogen and oxygen atoms in total. The van der Waals surface area contributed by atoms with Crippen molar-refractivity contribution in [3.05, 3.63) is 36.3 Å². The van der Waals surface area contributed by atoms with Gasteiger partial charge < -0.3 is 25.4 Å². The molecule has 218 valence electrons. The van der Waals surface area contributed by atoms with Crippen molar-refractivity contribution in [1.82, 2.24) is 25.0 Å². The van der Waals surface area contributed by atoms with Gasteiger partial charge in [-0.25, -0.2) is 4.98 Å². The zero-order valence-corrected chi connectivity index (χ0v) is 24.0. The van der Waals surface area contributed by atoms with E-state index in [4.69, 9.17) is 19.7 Å². The lowest BCUT2D eigenvalue weighted by molar-refractivity contribution is -0.132. The average Bonchev–Trinajstić information content (AvgIpc) is 3.49. The number of pyridine rings is 1. The van der Waals surface area contributed by atoms with E-state index >= 15 is 0 Å². The number of hydrogen-bond acceptors (Lipinski definition) is 9. The number of hydrogen-bond donors (Lipinski definition) is 2. The van der Waals surface area contributed by atoms with Crippen molar-refractivity contribution in [2.24, 2.45) is 5.73 Å². The van der Waals surface area contributed by atoms with Gasteiger partial charge in [-0.1, -0.05) is 0 Å². The first-order chi connectivity index (χ1) is 20.0. The lowest BCUT2D eigenvalue weighted by Gasteiger charge is -2.32. The van der Waals surface area contributed by atoms with Crippen LogP contribution in [-0.4, -0.2) is 77.3 Å². The molecule has 0 saturated carbocycles. The van der Waals surface area contributed by atoms with E-state index in [1.165, 1.54) is 7.05 Å². The highest BCUT2D eigenvalue weighted by Crippen LogP contribution is 2.38. The maximum atomic E-state index is 12.3. The van der Waals surface area contributed by atoms with Crippen LogP contribution in [0.4, 0.5) is 0 Å². The van der Waals surface area contributed by atoms with E-state index in [2.05, 4.69) is 16.1 Å². The first kappa shape index (κ1) is 30.0. The third-order valence-electron chi connectivity index (χ3n) is 7.31. The third-order valence-corrected chi connectivity index (χ3v) is 7.31. The Hall–Kier alpha value is -4.01. The monoisotopic (exact) mass is 561 g/mol. The van der Waals surface area contributed by atoms with E-state index in [0.29, 0.717) is 36.3 Å². The van der Waals surface area contributed by atoms with Gasteiger partial charge in [0.05, 0.1) is 36.5 Å². The fourth-order valence-corrected chi connectivity index (χ4v) is 5.38. The average molecular weight is 562 g/mol. The number of ether oxygens (including phenoxy) is 2. The lowest BCUT2D eigenvalue weighted by Crippen LogP contribution is -2.44. The van der Waals surface area contributed by atoms with Crippen LogP contribution in [0.3, 0.4) is 0 Å². The van der Waals surface area contributed by atoms with Gasteiger partial charge >= 0.3 is 0 Å². The van der Waals surface area contributed by atoms with Gasteiger partial charge in [0.1, 0.15) is 18.3 Å². The molecule has 5 rings (SSSR count). The standard InChI is InChI=1S/C29H34N6O4.CH5N/c1-19(2)38-27-13-25-24(12-20(27)18-36)26(21-14-33-35(16-21)22-6-9-31-10-7-22)15-32-29(25)39-23-4-3-11-34(17-23)28(37)5-8-30;1-2/h12-16,18-19,22-23,31H,3-7,9-11,17H2,1-2H3;2H2,1H3. The van der Waals surface area contributed by atoms with E-state index in [9.17, 15) is 9.59 Å². The number of nitrogens with zero attached hydrogens (tertiary/aromatic N) is 5. The zero-order valence-electron chi connectivity index (χ0n) is 24.0. The predicted molar refractivity (Wildman–Crippen MR) is 156 cm³/mol. The van der Waals surface area contributed by atoms with Gasteiger partial charge in [0, 0.05) is 35.5 Å². The molecule has 2 aromatic heterocycles. The molecule has 1 unspecified atom stereocenters. The fraction of sp³-hybridized carbons (Fsp3) is 0.500. The molecule has 1 atom stereocenters. The van der Waals surface area contributed by atoms with Gasteiger partial charge in [0.25, 0.3) is 0 Å². The van der Waals surface area contributed by atoms with E-state index in [-0.39, 0.29) is 24.5 Å². The summed E-state index contributed by atoms with van der Waals surface area (Å²) in [5.41, 5.74) is 6.72. The highest BCUT2D eigenvalue weighted by atomic mass is 16.5. The van der Waals surface area contributed by atoms with Crippen LogP contribution in [0, 0.1) is 11.3 Å². The molecule has 2 fully saturated rings. The molecule has 4 heterocycles. The van der Waals surface area contributed by atoms with E-state index in [1.807, 2.05) is 49.1 Å². The number of nitriles is 1. The van der Waals surface area contributed by atoms with Crippen molar-refractivity contribution in [2.45, 2.75) is 64.2 Å². The maximum absolute atomic E-state index is 12.3. The number of carbonyl (C=O) groups is 2. The first-order valence-electron chi connectivity index (χ1n) is 14.2. The summed E-state index contributed by atoms with van der Waals surface area (Å²) in [5, 5.41) is 18.5. The molecule has 2 aliphatic heterocycles. The molecule has 1 aromatic carbocycles. The summed E-state index contributed by atoms with van der Waals surface area (Å²) in [6.45, 7) is 6.78.